The SMILES string of the molecule is COCCOCC(O)CN1CCCC(N(C)C)C1. The molecule has 0 amide bonds. The van der Waals surface area contributed by atoms with Crippen LogP contribution in [-0.2, 0) is 9.47 Å². The van der Waals surface area contributed by atoms with E-state index in [4.69, 9.17) is 9.47 Å². The second-order valence-corrected chi connectivity index (χ2v) is 5.24. The molecule has 0 aromatic heterocycles. The lowest BCUT2D eigenvalue weighted by molar-refractivity contribution is -0.00718. The largest absolute Gasteiger partial charge is 0.389 e. The summed E-state index contributed by atoms with van der Waals surface area (Å²) in [6.45, 7) is 4.36. The number of rotatable bonds is 8. The predicted molar refractivity (Wildman–Crippen MR) is 71.9 cm³/mol. The first-order valence-electron chi connectivity index (χ1n) is 6.77. The molecule has 1 saturated heterocycles. The van der Waals surface area contributed by atoms with Crippen molar-refractivity contribution in [1.82, 2.24) is 9.80 Å². The fourth-order valence-electron chi connectivity index (χ4n) is 2.33. The third-order valence-electron chi connectivity index (χ3n) is 3.42. The minimum Gasteiger partial charge on any atom is -0.389 e. The Morgan fingerprint density at radius 3 is 2.83 bits per heavy atom. The number of β-amino-alcohol motifs (C(OH)–C–C–N with tert-alkyl or cyclic N) is 1. The summed E-state index contributed by atoms with van der Waals surface area (Å²) in [5.41, 5.74) is 0. The van der Waals surface area contributed by atoms with Crippen molar-refractivity contribution in [3.05, 3.63) is 0 Å². The molecule has 18 heavy (non-hydrogen) atoms. The molecule has 1 aliphatic heterocycles. The van der Waals surface area contributed by atoms with Gasteiger partial charge >= 0.3 is 0 Å². The molecular weight excluding hydrogens is 232 g/mol. The predicted octanol–water partition coefficient (Wildman–Crippen LogP) is 0.0363. The number of nitrogens with zero attached hydrogens (tertiary/aromatic N) is 2. The van der Waals surface area contributed by atoms with Crippen molar-refractivity contribution < 1.29 is 14.6 Å². The molecule has 5 heteroatoms. The monoisotopic (exact) mass is 260 g/mol. The zero-order valence-electron chi connectivity index (χ0n) is 12.0. The average molecular weight is 260 g/mol. The summed E-state index contributed by atoms with van der Waals surface area (Å²) in [4.78, 5) is 4.60. The first kappa shape index (κ1) is 15.9. The van der Waals surface area contributed by atoms with Gasteiger partial charge in [-0.3, -0.25) is 4.90 Å². The van der Waals surface area contributed by atoms with Crippen LogP contribution in [0.4, 0.5) is 0 Å². The van der Waals surface area contributed by atoms with Crippen LogP contribution in [-0.4, -0.2) is 87.7 Å². The summed E-state index contributed by atoms with van der Waals surface area (Å²) >= 11 is 0. The average Bonchev–Trinajstić information content (AvgIpc) is 2.35. The number of likely N-dealkylation sites (N-methyl/N-ethyl adjacent to an activating group) is 1. The summed E-state index contributed by atoms with van der Waals surface area (Å²) in [5.74, 6) is 0. The molecule has 0 radical (unpaired) electrons. The molecular formula is C13H28N2O3. The summed E-state index contributed by atoms with van der Waals surface area (Å²) in [6, 6.07) is 0.611. The number of likely N-dealkylation sites (tertiary alicyclic amines) is 1. The van der Waals surface area contributed by atoms with Gasteiger partial charge in [-0.2, -0.15) is 0 Å². The van der Waals surface area contributed by atoms with Gasteiger partial charge in [0.15, 0.2) is 0 Å². The van der Waals surface area contributed by atoms with Gasteiger partial charge in [0.05, 0.1) is 25.9 Å². The first-order valence-corrected chi connectivity index (χ1v) is 6.77. The second-order valence-electron chi connectivity index (χ2n) is 5.24. The first-order chi connectivity index (χ1) is 8.63. The number of hydrogen-bond acceptors (Lipinski definition) is 5. The molecule has 0 aliphatic carbocycles. The van der Waals surface area contributed by atoms with E-state index < -0.39 is 6.10 Å². The van der Waals surface area contributed by atoms with Crippen molar-refractivity contribution in [1.29, 1.82) is 0 Å². The van der Waals surface area contributed by atoms with Crippen molar-refractivity contribution in [2.24, 2.45) is 0 Å². The highest BCUT2D eigenvalue weighted by atomic mass is 16.5. The van der Waals surface area contributed by atoms with E-state index in [0.717, 1.165) is 13.1 Å². The van der Waals surface area contributed by atoms with Crippen molar-refractivity contribution in [2.75, 3.05) is 60.7 Å². The van der Waals surface area contributed by atoms with Gasteiger partial charge in [0, 0.05) is 26.2 Å². The topological polar surface area (TPSA) is 45.2 Å². The number of aliphatic hydroxyl groups excluding tert-OH is 1. The van der Waals surface area contributed by atoms with Gasteiger partial charge in [0.2, 0.25) is 0 Å². The highest BCUT2D eigenvalue weighted by molar-refractivity contribution is 4.79. The number of aliphatic hydroxyl groups is 1. The minimum absolute atomic E-state index is 0.395. The number of hydrogen-bond donors (Lipinski definition) is 1. The van der Waals surface area contributed by atoms with Crippen molar-refractivity contribution in [3.8, 4) is 0 Å². The van der Waals surface area contributed by atoms with E-state index in [2.05, 4.69) is 23.9 Å². The maximum Gasteiger partial charge on any atom is 0.0900 e. The summed E-state index contributed by atoms with van der Waals surface area (Å²) < 4.78 is 10.2. The van der Waals surface area contributed by atoms with E-state index in [9.17, 15) is 5.11 Å². The lowest BCUT2D eigenvalue weighted by Crippen LogP contribution is -2.47. The van der Waals surface area contributed by atoms with Gasteiger partial charge in [0.25, 0.3) is 0 Å². The van der Waals surface area contributed by atoms with Gasteiger partial charge in [0.1, 0.15) is 0 Å². The third kappa shape index (κ3) is 6.11. The standard InChI is InChI=1S/C13H28N2O3/c1-14(2)12-5-4-6-15(9-12)10-13(16)11-18-8-7-17-3/h12-13,16H,4-11H2,1-3H3. The molecule has 0 aromatic rings. The molecule has 0 bridgehead atoms. The van der Waals surface area contributed by atoms with Crippen LogP contribution >= 0.6 is 0 Å². The van der Waals surface area contributed by atoms with Gasteiger partial charge in [-0.1, -0.05) is 0 Å². The normalized spacial score (nSPS) is 23.5. The van der Waals surface area contributed by atoms with E-state index in [0.29, 0.717) is 32.4 Å². The zero-order chi connectivity index (χ0) is 13.4. The van der Waals surface area contributed by atoms with E-state index in [-0.39, 0.29) is 0 Å². The highest BCUT2D eigenvalue weighted by Gasteiger charge is 2.22. The Morgan fingerprint density at radius 1 is 1.39 bits per heavy atom. The molecule has 5 nitrogen and oxygen atoms in total. The Kier molecular flexibility index (Phi) is 7.77. The number of methoxy groups -OCH3 is 1. The minimum atomic E-state index is -0.400. The summed E-state index contributed by atoms with van der Waals surface area (Å²) in [7, 11) is 5.89. The quantitative estimate of drug-likeness (QED) is 0.624. The Hall–Kier alpha value is -0.200. The third-order valence-corrected chi connectivity index (χ3v) is 3.42. The van der Waals surface area contributed by atoms with Crippen LogP contribution in [0.1, 0.15) is 12.8 Å². The van der Waals surface area contributed by atoms with Crippen molar-refractivity contribution >= 4 is 0 Å². The van der Waals surface area contributed by atoms with Gasteiger partial charge in [-0.25, -0.2) is 0 Å². The Bertz CT molecular complexity index is 214. The fourth-order valence-corrected chi connectivity index (χ4v) is 2.33. The molecule has 1 fully saturated rings. The van der Waals surface area contributed by atoms with E-state index in [1.54, 1.807) is 7.11 Å². The van der Waals surface area contributed by atoms with Crippen LogP contribution < -0.4 is 0 Å². The van der Waals surface area contributed by atoms with Crippen LogP contribution in [0.5, 0.6) is 0 Å². The van der Waals surface area contributed by atoms with Gasteiger partial charge in [-0.05, 0) is 33.5 Å². The highest BCUT2D eigenvalue weighted by Crippen LogP contribution is 2.13. The molecule has 108 valence electrons. The maximum absolute atomic E-state index is 9.90. The number of piperidine rings is 1. The van der Waals surface area contributed by atoms with Crippen molar-refractivity contribution in [2.45, 2.75) is 25.0 Å². The van der Waals surface area contributed by atoms with E-state index in [1.165, 1.54) is 12.8 Å². The summed E-state index contributed by atoms with van der Waals surface area (Å²) in [5, 5.41) is 9.90. The molecule has 1 aliphatic rings. The van der Waals surface area contributed by atoms with Crippen LogP contribution in [0.2, 0.25) is 0 Å². The lowest BCUT2D eigenvalue weighted by atomic mass is 10.0. The lowest BCUT2D eigenvalue weighted by Gasteiger charge is -2.36. The molecule has 1 N–H and O–H groups in total. The molecule has 0 spiro atoms. The molecule has 2 unspecified atom stereocenters. The van der Waals surface area contributed by atoms with E-state index >= 15 is 0 Å². The summed E-state index contributed by atoms with van der Waals surface area (Å²) in [6.07, 6.45) is 2.06. The molecule has 0 saturated carbocycles. The Balaban J connectivity index is 2.16. The molecule has 1 rings (SSSR count). The molecule has 0 aromatic carbocycles. The van der Waals surface area contributed by atoms with Crippen LogP contribution in [0.25, 0.3) is 0 Å². The van der Waals surface area contributed by atoms with Crippen molar-refractivity contribution in [3.63, 3.8) is 0 Å². The Labute approximate surface area is 111 Å². The van der Waals surface area contributed by atoms with Gasteiger partial charge < -0.3 is 19.5 Å². The fraction of sp³-hybridized carbons (Fsp3) is 1.00. The Morgan fingerprint density at radius 2 is 2.17 bits per heavy atom. The molecule has 2 atom stereocenters. The zero-order valence-corrected chi connectivity index (χ0v) is 12.0. The van der Waals surface area contributed by atoms with E-state index in [1.807, 2.05) is 0 Å². The van der Waals surface area contributed by atoms with Crippen LogP contribution in [0.3, 0.4) is 0 Å². The van der Waals surface area contributed by atoms with Gasteiger partial charge in [-0.15, -0.1) is 0 Å². The molecule has 1 heterocycles. The smallest absolute Gasteiger partial charge is 0.0900 e. The number of ether oxygens (including phenoxy) is 2. The second kappa shape index (κ2) is 8.82. The van der Waals surface area contributed by atoms with Crippen LogP contribution in [0.15, 0.2) is 0 Å². The van der Waals surface area contributed by atoms with Crippen LogP contribution in [0, 0.1) is 0 Å². The maximum atomic E-state index is 9.90.